The molecule has 147 heavy (non-hydrogen) atoms. The highest BCUT2D eigenvalue weighted by Crippen LogP contribution is 2.56. The van der Waals surface area contributed by atoms with Crippen LogP contribution in [-0.4, -0.2) is 0 Å². The van der Waals surface area contributed by atoms with E-state index in [0.717, 1.165) is 82.5 Å². The van der Waals surface area contributed by atoms with Gasteiger partial charge in [-0.15, -0.1) is 0 Å². The Bertz CT molecular complexity index is 10300. The van der Waals surface area contributed by atoms with Crippen molar-refractivity contribution in [3.63, 3.8) is 0 Å². The number of hydrogen-bond acceptors (Lipinski definition) is 3. The van der Waals surface area contributed by atoms with E-state index >= 15 is 0 Å². The van der Waals surface area contributed by atoms with Gasteiger partial charge in [-0.3, -0.25) is 0 Å². The van der Waals surface area contributed by atoms with Gasteiger partial charge in [-0.2, -0.15) is 0 Å². The number of furan rings is 3. The van der Waals surface area contributed by atoms with Crippen molar-refractivity contribution in [3.8, 4) is 134 Å². The maximum absolute atomic E-state index is 6.83. The topological polar surface area (TPSA) is 39.4 Å². The Morgan fingerprint density at radius 1 is 0.102 bits per heavy atom. The van der Waals surface area contributed by atoms with Crippen molar-refractivity contribution in [1.29, 1.82) is 0 Å². The molecule has 0 unspecified atom stereocenters. The summed E-state index contributed by atoms with van der Waals surface area (Å²) in [7, 11) is 0. The average Bonchev–Trinajstić information content (AvgIpc) is 1.70. The van der Waals surface area contributed by atoms with Crippen LogP contribution in [0.5, 0.6) is 0 Å². The fourth-order valence-corrected chi connectivity index (χ4v) is 24.0. The number of para-hydroxylation sites is 3. The zero-order valence-corrected chi connectivity index (χ0v) is 80.2. The molecule has 3 heterocycles. The smallest absolute Gasteiger partial charge is 0.143 e. The van der Waals surface area contributed by atoms with Crippen molar-refractivity contribution >= 4 is 163 Å². The Hall–Kier alpha value is -19.3. The second-order valence-corrected chi connectivity index (χ2v) is 38.3. The fourth-order valence-electron chi connectivity index (χ4n) is 24.0. The van der Waals surface area contributed by atoms with E-state index in [4.69, 9.17) is 13.3 Å². The Labute approximate surface area is 849 Å². The van der Waals surface area contributed by atoms with Crippen LogP contribution in [0.25, 0.3) is 296 Å². The molecule has 0 spiro atoms. The summed E-state index contributed by atoms with van der Waals surface area (Å²) in [6.07, 6.45) is 0. The molecule has 30 aromatic rings. The number of hydrogen-bond donors (Lipinski definition) is 0. The predicted octanol–water partition coefficient (Wildman–Crippen LogP) is 41.1. The Kier molecular flexibility index (Phi) is 21.0. The van der Waals surface area contributed by atoms with Crippen LogP contribution in [0.4, 0.5) is 0 Å². The average molecular weight is 1870 g/mol. The first-order valence-electron chi connectivity index (χ1n) is 50.6. The monoisotopic (exact) mass is 1870 g/mol. The van der Waals surface area contributed by atoms with Crippen LogP contribution in [0.1, 0.15) is 0 Å². The second kappa shape index (κ2) is 36.0. The highest BCUT2D eigenvalue weighted by molar-refractivity contribution is 6.32. The minimum atomic E-state index is 0.895. The standard InChI is InChI=1S/3C48H30O/c1-2-15-31(16-3-1)34-20-6-7-21-36(34)45-37-22-8-10-24-39(37)46(40-25-11-9-23-38(40)45)42-28-14-30-44-47(42)43-29-13-27-41(48(43)49-44)35-26-12-18-32-17-4-5-19-33(32)35;1-2-15-31(16-3-1)35-20-6-7-21-37(35)46-38-22-8-10-24-40(38)47(41-25-11-9-23-39(41)46)43-29-33(36-27-14-18-32-17-4-5-19-34(32)36)30-45-48(43)42-26-12-13-28-44(42)49-45;1-2-15-31(16-3-1)34-20-6-7-21-36(34)45-37-22-8-10-24-39(37)46(40-25-11-9-23-38(40)45)43-30-29-41(35-27-14-18-32-17-4-5-19-33(32)35)48-47(43)42-26-12-13-28-44(42)49-48/h3*1-30H. The summed E-state index contributed by atoms with van der Waals surface area (Å²) < 4.78 is 20.3. The van der Waals surface area contributed by atoms with Crippen LogP contribution >= 0.6 is 0 Å². The molecule has 3 heteroatoms. The molecule has 0 atom stereocenters. The summed E-state index contributed by atoms with van der Waals surface area (Å²) in [5.74, 6) is 0. The van der Waals surface area contributed by atoms with Gasteiger partial charge in [-0.25, -0.2) is 0 Å². The normalized spacial score (nSPS) is 11.7. The van der Waals surface area contributed by atoms with Crippen molar-refractivity contribution in [1.82, 2.24) is 0 Å². The molecule has 30 rings (SSSR count). The maximum atomic E-state index is 6.83. The summed E-state index contributed by atoms with van der Waals surface area (Å²) in [5.41, 5.74) is 34.4. The summed E-state index contributed by atoms with van der Waals surface area (Å²) in [6.45, 7) is 0. The van der Waals surface area contributed by atoms with Crippen molar-refractivity contribution in [2.24, 2.45) is 0 Å². The molecule has 3 aromatic heterocycles. The summed E-state index contributed by atoms with van der Waals surface area (Å²) in [5, 5.41) is 28.9. The Morgan fingerprint density at radius 2 is 0.340 bits per heavy atom. The van der Waals surface area contributed by atoms with E-state index < -0.39 is 0 Å². The van der Waals surface area contributed by atoms with Crippen molar-refractivity contribution < 1.29 is 13.3 Å². The van der Waals surface area contributed by atoms with E-state index in [1.807, 2.05) is 0 Å². The minimum absolute atomic E-state index is 0.895. The van der Waals surface area contributed by atoms with Gasteiger partial charge in [-0.05, 0) is 256 Å². The third kappa shape index (κ3) is 14.4. The number of benzene rings is 27. The summed E-state index contributed by atoms with van der Waals surface area (Å²) in [6, 6.07) is 197. The fraction of sp³-hybridized carbons (Fsp3) is 0. The van der Waals surface area contributed by atoms with Crippen LogP contribution in [0.3, 0.4) is 0 Å². The molecule has 0 saturated heterocycles. The van der Waals surface area contributed by atoms with E-state index in [0.29, 0.717) is 0 Å². The first-order chi connectivity index (χ1) is 73.0. The minimum Gasteiger partial charge on any atom is -0.456 e. The number of fused-ring (bicyclic) bond motifs is 18. The molecule has 0 saturated carbocycles. The Morgan fingerprint density at radius 3 is 0.755 bits per heavy atom. The van der Waals surface area contributed by atoms with E-state index in [1.165, 1.54) is 214 Å². The number of rotatable bonds is 12. The second-order valence-electron chi connectivity index (χ2n) is 38.3. The van der Waals surface area contributed by atoms with Gasteiger partial charge in [0.25, 0.3) is 0 Å². The quantitative estimate of drug-likeness (QED) is 0.114. The molecule has 27 aromatic carbocycles. The Balaban J connectivity index is 0.000000107. The molecule has 0 aliphatic carbocycles. The maximum Gasteiger partial charge on any atom is 0.143 e. The van der Waals surface area contributed by atoms with E-state index in [-0.39, 0.29) is 0 Å². The van der Waals surface area contributed by atoms with Crippen molar-refractivity contribution in [3.05, 3.63) is 546 Å². The van der Waals surface area contributed by atoms with Crippen LogP contribution in [-0.2, 0) is 0 Å². The highest BCUT2D eigenvalue weighted by Gasteiger charge is 2.30. The van der Waals surface area contributed by atoms with Crippen molar-refractivity contribution in [2.75, 3.05) is 0 Å². The summed E-state index contributed by atoms with van der Waals surface area (Å²) in [4.78, 5) is 0. The lowest BCUT2D eigenvalue weighted by molar-refractivity contribution is 0.669. The third-order valence-corrected chi connectivity index (χ3v) is 30.2. The first-order valence-corrected chi connectivity index (χ1v) is 50.6. The molecule has 0 bridgehead atoms. The molecule has 684 valence electrons. The third-order valence-electron chi connectivity index (χ3n) is 30.2. The molecule has 3 nitrogen and oxygen atoms in total. The summed E-state index contributed by atoms with van der Waals surface area (Å²) >= 11 is 0. The zero-order chi connectivity index (χ0) is 96.9. The van der Waals surface area contributed by atoms with E-state index in [2.05, 4.69) is 546 Å². The van der Waals surface area contributed by atoms with Gasteiger partial charge in [0.15, 0.2) is 0 Å². The van der Waals surface area contributed by atoms with Crippen LogP contribution in [0.15, 0.2) is 559 Å². The molecule has 0 fully saturated rings. The van der Waals surface area contributed by atoms with Gasteiger partial charge in [0.2, 0.25) is 0 Å². The lowest BCUT2D eigenvalue weighted by Crippen LogP contribution is -1.93. The zero-order valence-electron chi connectivity index (χ0n) is 80.2. The first kappa shape index (κ1) is 85.6. The van der Waals surface area contributed by atoms with Gasteiger partial charge in [0, 0.05) is 43.4 Å². The van der Waals surface area contributed by atoms with Gasteiger partial charge in [0.1, 0.15) is 33.5 Å². The van der Waals surface area contributed by atoms with Crippen LogP contribution in [0, 0.1) is 0 Å². The van der Waals surface area contributed by atoms with Crippen molar-refractivity contribution in [2.45, 2.75) is 0 Å². The lowest BCUT2D eigenvalue weighted by atomic mass is 9.82. The van der Waals surface area contributed by atoms with Crippen LogP contribution < -0.4 is 0 Å². The molecule has 0 aliphatic heterocycles. The van der Waals surface area contributed by atoms with E-state index in [9.17, 15) is 0 Å². The van der Waals surface area contributed by atoms with E-state index in [1.54, 1.807) is 0 Å². The molecule has 0 N–H and O–H groups in total. The van der Waals surface area contributed by atoms with Crippen LogP contribution in [0.2, 0.25) is 0 Å². The SMILES string of the molecule is c1ccc(-c2ccccc2-c2c3ccccc3c(-c3cc(-c4cccc5ccccc45)cc4oc5ccccc5c34)c3ccccc23)cc1.c1ccc(-c2ccccc2-c2c3ccccc3c(-c3ccc(-c4cccc5ccccc45)c4oc5ccccc5c34)c3ccccc23)cc1.c1ccc(-c2ccccc2-c2c3ccccc3c(-c3cccc4oc5c(-c6cccc7ccccc67)cccc5c34)c3ccccc23)cc1. The molecule has 0 amide bonds. The lowest BCUT2D eigenvalue weighted by Gasteiger charge is -2.20. The van der Waals surface area contributed by atoms with Gasteiger partial charge in [-0.1, -0.05) is 510 Å². The molecule has 0 aliphatic rings. The van der Waals surface area contributed by atoms with Gasteiger partial charge < -0.3 is 13.3 Å². The largest absolute Gasteiger partial charge is 0.456 e. The van der Waals surface area contributed by atoms with Gasteiger partial charge in [0.05, 0.1) is 0 Å². The molecular weight excluding hydrogens is 1780 g/mol. The molecule has 0 radical (unpaired) electrons. The van der Waals surface area contributed by atoms with Gasteiger partial charge >= 0.3 is 0 Å². The molecular formula is C144H90O3. The predicted molar refractivity (Wildman–Crippen MR) is 624 cm³/mol. The highest BCUT2D eigenvalue weighted by atomic mass is 16.3.